The van der Waals surface area contributed by atoms with E-state index < -0.39 is 4.92 Å². The van der Waals surface area contributed by atoms with E-state index >= 15 is 0 Å². The van der Waals surface area contributed by atoms with Crippen LogP contribution in [0.4, 0.5) is 5.69 Å². The average Bonchev–Trinajstić information content (AvgIpc) is 2.41. The minimum atomic E-state index is -0.399. The van der Waals surface area contributed by atoms with E-state index in [1.807, 2.05) is 6.07 Å². The maximum atomic E-state index is 10.9. The number of nitrogens with zero attached hydrogens (tertiary/aromatic N) is 2. The second-order valence-corrected chi connectivity index (χ2v) is 5.31. The standard InChI is InChI=1S/C12H15BrN2O4/c13-11-2-1-9(5-12(11)15(17)18)6-14-3-4-19-10(7-14)8-16/h1-2,5,10,16H,3-4,6-8H2. The number of halogens is 1. The Hall–Kier alpha value is -1.02. The number of nitro groups is 1. The van der Waals surface area contributed by atoms with Gasteiger partial charge in [-0.05, 0) is 27.6 Å². The third-order valence-corrected chi connectivity index (χ3v) is 3.71. The summed E-state index contributed by atoms with van der Waals surface area (Å²) in [5, 5.41) is 20.0. The zero-order valence-electron chi connectivity index (χ0n) is 10.3. The highest BCUT2D eigenvalue weighted by molar-refractivity contribution is 9.10. The van der Waals surface area contributed by atoms with E-state index in [9.17, 15) is 10.1 Å². The van der Waals surface area contributed by atoms with Crippen molar-refractivity contribution in [1.82, 2.24) is 4.90 Å². The summed E-state index contributed by atoms with van der Waals surface area (Å²) >= 11 is 3.17. The number of aliphatic hydroxyl groups excluding tert-OH is 1. The Labute approximate surface area is 119 Å². The van der Waals surface area contributed by atoms with Gasteiger partial charge in [0.1, 0.15) is 0 Å². The highest BCUT2D eigenvalue weighted by Crippen LogP contribution is 2.26. The lowest BCUT2D eigenvalue weighted by atomic mass is 10.1. The van der Waals surface area contributed by atoms with Crippen LogP contribution in [0.1, 0.15) is 5.56 Å². The largest absolute Gasteiger partial charge is 0.394 e. The van der Waals surface area contributed by atoms with Crippen molar-refractivity contribution in [2.24, 2.45) is 0 Å². The molecule has 1 aliphatic rings. The van der Waals surface area contributed by atoms with Gasteiger partial charge in [-0.1, -0.05) is 6.07 Å². The van der Waals surface area contributed by atoms with Crippen molar-refractivity contribution >= 4 is 21.6 Å². The van der Waals surface area contributed by atoms with Gasteiger partial charge in [0, 0.05) is 25.7 Å². The SMILES string of the molecule is O=[N+]([O-])c1cc(CN2CCOC(CO)C2)ccc1Br. The van der Waals surface area contributed by atoms with Crippen molar-refractivity contribution in [2.45, 2.75) is 12.6 Å². The summed E-state index contributed by atoms with van der Waals surface area (Å²) in [5.41, 5.74) is 0.956. The Balaban J connectivity index is 2.06. The van der Waals surface area contributed by atoms with Crippen molar-refractivity contribution in [3.63, 3.8) is 0 Å². The maximum absolute atomic E-state index is 10.9. The molecule has 1 aromatic carbocycles. The number of aliphatic hydroxyl groups is 1. The lowest BCUT2D eigenvalue weighted by molar-refractivity contribution is -0.385. The first-order chi connectivity index (χ1) is 9.10. The number of morpholine rings is 1. The molecule has 7 heteroatoms. The molecule has 1 N–H and O–H groups in total. The predicted molar refractivity (Wildman–Crippen MR) is 72.9 cm³/mol. The lowest BCUT2D eigenvalue weighted by Crippen LogP contribution is -2.43. The molecule has 0 spiro atoms. The second-order valence-electron chi connectivity index (χ2n) is 4.45. The van der Waals surface area contributed by atoms with E-state index in [0.717, 1.165) is 12.1 Å². The van der Waals surface area contributed by atoms with Crippen molar-refractivity contribution in [3.8, 4) is 0 Å². The Kier molecular flexibility index (Phi) is 4.87. The number of benzene rings is 1. The molecule has 1 atom stereocenters. The van der Waals surface area contributed by atoms with E-state index in [4.69, 9.17) is 9.84 Å². The molecule has 104 valence electrons. The summed E-state index contributed by atoms with van der Waals surface area (Å²) in [6, 6.07) is 5.13. The Morgan fingerprint density at radius 2 is 2.37 bits per heavy atom. The van der Waals surface area contributed by atoms with Gasteiger partial charge in [0.2, 0.25) is 0 Å². The zero-order valence-corrected chi connectivity index (χ0v) is 11.9. The molecule has 6 nitrogen and oxygen atoms in total. The first-order valence-electron chi connectivity index (χ1n) is 5.98. The van der Waals surface area contributed by atoms with Crippen LogP contribution in [0.2, 0.25) is 0 Å². The van der Waals surface area contributed by atoms with Crippen molar-refractivity contribution in [2.75, 3.05) is 26.3 Å². The lowest BCUT2D eigenvalue weighted by Gasteiger charge is -2.31. The fourth-order valence-electron chi connectivity index (χ4n) is 2.09. The van der Waals surface area contributed by atoms with Gasteiger partial charge in [-0.2, -0.15) is 0 Å². The highest BCUT2D eigenvalue weighted by Gasteiger charge is 2.20. The van der Waals surface area contributed by atoms with Crippen LogP contribution >= 0.6 is 15.9 Å². The smallest absolute Gasteiger partial charge is 0.283 e. The molecule has 0 aliphatic carbocycles. The minimum Gasteiger partial charge on any atom is -0.394 e. The fraction of sp³-hybridized carbons (Fsp3) is 0.500. The normalized spacial score (nSPS) is 20.4. The molecule has 0 aromatic heterocycles. The van der Waals surface area contributed by atoms with Gasteiger partial charge in [-0.25, -0.2) is 0 Å². The first-order valence-corrected chi connectivity index (χ1v) is 6.77. The number of hydrogen-bond acceptors (Lipinski definition) is 5. The molecule has 0 amide bonds. The van der Waals surface area contributed by atoms with Gasteiger partial charge >= 0.3 is 0 Å². The second kappa shape index (κ2) is 6.42. The van der Waals surface area contributed by atoms with Gasteiger partial charge in [0.05, 0.1) is 28.7 Å². The van der Waals surface area contributed by atoms with Crippen molar-refractivity contribution in [3.05, 3.63) is 38.3 Å². The molecular weight excluding hydrogens is 316 g/mol. The number of hydrogen-bond donors (Lipinski definition) is 1. The van der Waals surface area contributed by atoms with E-state index in [0.29, 0.717) is 24.2 Å². The first kappa shape index (κ1) is 14.4. The van der Waals surface area contributed by atoms with Gasteiger partial charge in [-0.3, -0.25) is 15.0 Å². The zero-order chi connectivity index (χ0) is 13.8. The molecule has 1 heterocycles. The third-order valence-electron chi connectivity index (χ3n) is 3.04. The molecule has 1 saturated heterocycles. The summed E-state index contributed by atoms with van der Waals surface area (Å²) in [5.74, 6) is 0. The van der Waals surface area contributed by atoms with Gasteiger partial charge in [0.25, 0.3) is 5.69 Å². The van der Waals surface area contributed by atoms with Crippen LogP contribution in [-0.2, 0) is 11.3 Å². The van der Waals surface area contributed by atoms with Crippen LogP contribution < -0.4 is 0 Å². The van der Waals surface area contributed by atoms with Gasteiger partial charge in [-0.15, -0.1) is 0 Å². The Morgan fingerprint density at radius 3 is 3.05 bits per heavy atom. The Bertz CT molecular complexity index is 469. The molecule has 0 saturated carbocycles. The fourth-order valence-corrected chi connectivity index (χ4v) is 2.48. The van der Waals surface area contributed by atoms with Crippen LogP contribution in [0.15, 0.2) is 22.7 Å². The Morgan fingerprint density at radius 1 is 1.58 bits per heavy atom. The summed E-state index contributed by atoms with van der Waals surface area (Å²) in [4.78, 5) is 12.6. The topological polar surface area (TPSA) is 75.8 Å². The van der Waals surface area contributed by atoms with Crippen LogP contribution in [-0.4, -0.2) is 47.3 Å². The van der Waals surface area contributed by atoms with Gasteiger partial charge in [0.15, 0.2) is 0 Å². The molecule has 2 rings (SSSR count). The predicted octanol–water partition coefficient (Wildman–Crippen LogP) is 1.55. The molecule has 0 bridgehead atoms. The number of ether oxygens (including phenoxy) is 1. The molecule has 0 radical (unpaired) electrons. The van der Waals surface area contributed by atoms with Crippen molar-refractivity contribution < 1.29 is 14.8 Å². The molecule has 1 aromatic rings. The average molecular weight is 331 g/mol. The molecule has 1 unspecified atom stereocenters. The summed E-state index contributed by atoms with van der Waals surface area (Å²) in [6.07, 6.45) is -0.167. The third kappa shape index (κ3) is 3.73. The van der Waals surface area contributed by atoms with E-state index in [-0.39, 0.29) is 18.4 Å². The summed E-state index contributed by atoms with van der Waals surface area (Å²) in [7, 11) is 0. The highest BCUT2D eigenvalue weighted by atomic mass is 79.9. The molecule has 19 heavy (non-hydrogen) atoms. The van der Waals surface area contributed by atoms with E-state index in [2.05, 4.69) is 20.8 Å². The maximum Gasteiger partial charge on any atom is 0.283 e. The molecule has 1 aliphatic heterocycles. The quantitative estimate of drug-likeness (QED) is 0.669. The monoisotopic (exact) mass is 330 g/mol. The van der Waals surface area contributed by atoms with E-state index in [1.165, 1.54) is 0 Å². The summed E-state index contributed by atoms with van der Waals surface area (Å²) < 4.78 is 5.85. The van der Waals surface area contributed by atoms with Crippen LogP contribution in [0.25, 0.3) is 0 Å². The minimum absolute atomic E-state index is 0.00299. The number of nitro benzene ring substituents is 1. The number of rotatable bonds is 4. The van der Waals surface area contributed by atoms with Crippen LogP contribution in [0.5, 0.6) is 0 Å². The molecular formula is C12H15BrN2O4. The van der Waals surface area contributed by atoms with Crippen molar-refractivity contribution in [1.29, 1.82) is 0 Å². The van der Waals surface area contributed by atoms with Gasteiger partial charge < -0.3 is 9.84 Å². The molecule has 1 fully saturated rings. The summed E-state index contributed by atoms with van der Waals surface area (Å²) in [6.45, 7) is 2.59. The van der Waals surface area contributed by atoms with Crippen LogP contribution in [0.3, 0.4) is 0 Å². The van der Waals surface area contributed by atoms with E-state index in [1.54, 1.807) is 12.1 Å². The van der Waals surface area contributed by atoms with Crippen LogP contribution in [0, 0.1) is 10.1 Å².